The topological polar surface area (TPSA) is 127 Å². The van der Waals surface area contributed by atoms with Crippen LogP contribution < -0.4 is 0 Å². The Morgan fingerprint density at radius 3 is 2.85 bits per heavy atom. The van der Waals surface area contributed by atoms with Gasteiger partial charge in [-0.25, -0.2) is 4.98 Å². The van der Waals surface area contributed by atoms with Crippen molar-refractivity contribution in [3.8, 4) is 0 Å². The number of rotatable bonds is 6. The van der Waals surface area contributed by atoms with Crippen molar-refractivity contribution in [3.05, 3.63) is 34.8 Å². The maximum atomic E-state index is 10.8. The first-order valence-corrected chi connectivity index (χ1v) is 9.09. The molecule has 0 unspecified atom stereocenters. The van der Waals surface area contributed by atoms with E-state index in [4.69, 9.17) is 20.7 Å². The van der Waals surface area contributed by atoms with Crippen molar-refractivity contribution in [1.82, 2.24) is 9.88 Å². The highest BCUT2D eigenvalue weighted by Gasteiger charge is 2.14. The first-order chi connectivity index (χ1) is 12.9. The average Bonchev–Trinajstić information content (AvgIpc) is 3.02. The minimum absolute atomic E-state index is 0.105. The molecule has 0 spiro atoms. The summed E-state index contributed by atoms with van der Waals surface area (Å²) >= 11 is 1.44. The number of hydrogen-bond acceptors (Lipinski definition) is 7. The summed E-state index contributed by atoms with van der Waals surface area (Å²) in [7, 11) is 0. The second kappa shape index (κ2) is 8.09. The van der Waals surface area contributed by atoms with Crippen LogP contribution in [0.5, 0.6) is 0 Å². The first-order valence-electron chi connectivity index (χ1n) is 8.27. The number of carbonyl (C=O) groups is 2. The van der Waals surface area contributed by atoms with Crippen molar-refractivity contribution >= 4 is 51.3 Å². The van der Waals surface area contributed by atoms with Crippen LogP contribution in [-0.2, 0) is 20.7 Å². The minimum Gasteiger partial charge on any atom is -0.481 e. The Morgan fingerprint density at radius 2 is 2.19 bits per heavy atom. The number of amides is 1. The molecule has 0 fully saturated rings. The quantitative estimate of drug-likeness (QED) is 0.399. The number of aliphatic carboxylic acids is 1. The third-order valence-electron chi connectivity index (χ3n) is 4.06. The number of hydrogen-bond donors (Lipinski definition) is 3. The number of carboxylic acid groups (broad SMARTS) is 1. The van der Waals surface area contributed by atoms with Crippen molar-refractivity contribution < 1.29 is 19.4 Å². The number of fused-ring (bicyclic) bond motifs is 1. The lowest BCUT2D eigenvalue weighted by molar-refractivity contribution is -0.135. The van der Waals surface area contributed by atoms with Crippen molar-refractivity contribution in [3.63, 3.8) is 0 Å². The van der Waals surface area contributed by atoms with Crippen LogP contribution in [0.2, 0.25) is 0 Å². The van der Waals surface area contributed by atoms with Gasteiger partial charge < -0.3 is 14.7 Å². The van der Waals surface area contributed by atoms with E-state index in [9.17, 15) is 9.59 Å². The molecule has 1 aromatic carbocycles. The highest BCUT2D eigenvalue weighted by Crippen LogP contribution is 2.29. The third kappa shape index (κ3) is 4.76. The van der Waals surface area contributed by atoms with Gasteiger partial charge >= 0.3 is 5.97 Å². The standard InChI is InChI=1S/C18H18N4O4S/c19-15(26-16(20)9-18(24)25)8-17-21-13-2-1-12(7-14(13)27-17)11-3-5-22(10-23)6-4-11/h1-3,7,10,19-20H,4-6,8-9H2,(H,24,25). The lowest BCUT2D eigenvalue weighted by Gasteiger charge is -2.22. The molecular weight excluding hydrogens is 368 g/mol. The molecule has 0 bridgehead atoms. The third-order valence-corrected chi connectivity index (χ3v) is 5.08. The van der Waals surface area contributed by atoms with E-state index in [1.54, 1.807) is 4.90 Å². The molecule has 27 heavy (non-hydrogen) atoms. The van der Waals surface area contributed by atoms with Gasteiger partial charge in [-0.1, -0.05) is 12.1 Å². The molecule has 1 aliphatic heterocycles. The Kier molecular flexibility index (Phi) is 5.60. The smallest absolute Gasteiger partial charge is 0.312 e. The van der Waals surface area contributed by atoms with Gasteiger partial charge in [0.05, 0.1) is 16.6 Å². The number of carboxylic acids is 1. The van der Waals surface area contributed by atoms with E-state index in [1.165, 1.54) is 16.9 Å². The van der Waals surface area contributed by atoms with Gasteiger partial charge in [-0.3, -0.25) is 20.4 Å². The van der Waals surface area contributed by atoms with Gasteiger partial charge in [0.2, 0.25) is 6.41 Å². The summed E-state index contributed by atoms with van der Waals surface area (Å²) in [5.74, 6) is -1.84. The van der Waals surface area contributed by atoms with Crippen LogP contribution in [0.15, 0.2) is 24.3 Å². The van der Waals surface area contributed by atoms with Gasteiger partial charge in [0.1, 0.15) is 11.4 Å². The van der Waals surface area contributed by atoms with Gasteiger partial charge in [-0.15, -0.1) is 11.3 Å². The summed E-state index contributed by atoms with van der Waals surface area (Å²) in [5.41, 5.74) is 3.11. The number of benzene rings is 1. The molecule has 0 saturated carbocycles. The molecule has 1 aromatic heterocycles. The number of aromatic nitrogens is 1. The molecule has 1 amide bonds. The Hall–Kier alpha value is -3.07. The summed E-state index contributed by atoms with van der Waals surface area (Å²) in [6.07, 6.45) is 3.27. The molecule has 3 N–H and O–H groups in total. The van der Waals surface area contributed by atoms with E-state index in [1.807, 2.05) is 12.1 Å². The van der Waals surface area contributed by atoms with Gasteiger partial charge in [-0.05, 0) is 29.7 Å². The molecular formula is C18H18N4O4S. The molecule has 140 valence electrons. The second-order valence-corrected chi connectivity index (χ2v) is 7.18. The summed E-state index contributed by atoms with van der Waals surface area (Å²) in [5, 5.41) is 24.5. The predicted molar refractivity (Wildman–Crippen MR) is 102 cm³/mol. The van der Waals surface area contributed by atoms with Gasteiger partial charge in [0.15, 0.2) is 11.8 Å². The molecule has 2 aromatic rings. The zero-order valence-corrected chi connectivity index (χ0v) is 15.2. The number of carbonyl (C=O) groups excluding carboxylic acids is 1. The first kappa shape index (κ1) is 18.7. The Bertz CT molecular complexity index is 950. The molecule has 3 rings (SSSR count). The normalized spacial score (nSPS) is 13.9. The van der Waals surface area contributed by atoms with Crippen LogP contribution in [0.4, 0.5) is 0 Å². The van der Waals surface area contributed by atoms with Crippen LogP contribution in [0.25, 0.3) is 15.8 Å². The highest BCUT2D eigenvalue weighted by atomic mass is 32.1. The van der Waals surface area contributed by atoms with Crippen LogP contribution in [0.3, 0.4) is 0 Å². The Balaban J connectivity index is 1.70. The van der Waals surface area contributed by atoms with Gasteiger partial charge in [-0.2, -0.15) is 0 Å². The minimum atomic E-state index is -1.17. The number of nitrogens with one attached hydrogen (secondary N) is 2. The van der Waals surface area contributed by atoms with E-state index < -0.39 is 18.3 Å². The molecule has 8 nitrogen and oxygen atoms in total. The Morgan fingerprint density at radius 1 is 1.37 bits per heavy atom. The molecule has 1 aliphatic rings. The van der Waals surface area contributed by atoms with Crippen molar-refractivity contribution in [2.45, 2.75) is 19.3 Å². The van der Waals surface area contributed by atoms with Gasteiger partial charge in [0, 0.05) is 13.1 Å². The fourth-order valence-electron chi connectivity index (χ4n) is 2.79. The van der Waals surface area contributed by atoms with Crippen LogP contribution in [-0.4, -0.2) is 52.3 Å². The molecule has 0 radical (unpaired) electrons. The fourth-order valence-corrected chi connectivity index (χ4v) is 3.79. The van der Waals surface area contributed by atoms with Crippen molar-refractivity contribution in [2.75, 3.05) is 13.1 Å². The number of thiazole rings is 1. The predicted octanol–water partition coefficient (Wildman–Crippen LogP) is 2.53. The molecule has 2 heterocycles. The van der Waals surface area contributed by atoms with Crippen LogP contribution in [0, 0.1) is 10.8 Å². The SMILES string of the molecule is N=C(CC(=O)O)OC(=N)Cc1nc2ccc(C3=CCN(C=O)CC3)cc2s1. The summed E-state index contributed by atoms with van der Waals surface area (Å²) in [6, 6.07) is 5.98. The molecule has 0 atom stereocenters. The monoisotopic (exact) mass is 386 g/mol. The van der Waals surface area contributed by atoms with Crippen LogP contribution >= 0.6 is 11.3 Å². The maximum Gasteiger partial charge on any atom is 0.312 e. The zero-order valence-electron chi connectivity index (χ0n) is 14.4. The fraction of sp³-hybridized carbons (Fsp3) is 0.278. The molecule has 0 saturated heterocycles. The highest BCUT2D eigenvalue weighted by molar-refractivity contribution is 7.18. The van der Waals surface area contributed by atoms with E-state index >= 15 is 0 Å². The number of ether oxygens (including phenoxy) is 1. The van der Waals surface area contributed by atoms with E-state index in [-0.39, 0.29) is 12.3 Å². The summed E-state index contributed by atoms with van der Waals surface area (Å²) in [6.45, 7) is 1.32. The Labute approximate surface area is 159 Å². The van der Waals surface area contributed by atoms with E-state index in [2.05, 4.69) is 17.1 Å². The number of nitrogens with zero attached hydrogens (tertiary/aromatic N) is 2. The largest absolute Gasteiger partial charge is 0.481 e. The van der Waals surface area contributed by atoms with Crippen molar-refractivity contribution in [1.29, 1.82) is 10.8 Å². The summed E-state index contributed by atoms with van der Waals surface area (Å²) in [4.78, 5) is 27.5. The lowest BCUT2D eigenvalue weighted by Crippen LogP contribution is -2.26. The van der Waals surface area contributed by atoms with Crippen molar-refractivity contribution in [2.24, 2.45) is 0 Å². The average molecular weight is 386 g/mol. The van der Waals surface area contributed by atoms with Gasteiger partial charge in [0.25, 0.3) is 0 Å². The van der Waals surface area contributed by atoms with E-state index in [0.717, 1.165) is 28.6 Å². The van der Waals surface area contributed by atoms with E-state index in [0.29, 0.717) is 18.1 Å². The summed E-state index contributed by atoms with van der Waals surface area (Å²) < 4.78 is 5.89. The molecule has 9 heteroatoms. The molecule has 0 aliphatic carbocycles. The zero-order chi connectivity index (χ0) is 19.4. The lowest BCUT2D eigenvalue weighted by atomic mass is 10.00. The van der Waals surface area contributed by atoms with Crippen LogP contribution in [0.1, 0.15) is 23.4 Å². The maximum absolute atomic E-state index is 10.8. The second-order valence-electron chi connectivity index (χ2n) is 6.07.